The second-order valence-electron chi connectivity index (χ2n) is 5.90. The first-order valence-corrected chi connectivity index (χ1v) is 7.93. The van der Waals surface area contributed by atoms with E-state index >= 15 is 0 Å². The van der Waals surface area contributed by atoms with Crippen LogP contribution in [0.2, 0.25) is 0 Å². The van der Waals surface area contributed by atoms with Crippen molar-refractivity contribution in [3.63, 3.8) is 0 Å². The third-order valence-electron chi connectivity index (χ3n) is 4.23. The minimum Gasteiger partial charge on any atom is -0.393 e. The van der Waals surface area contributed by atoms with Crippen LogP contribution in [0.3, 0.4) is 0 Å². The number of hydrogen-bond acceptors (Lipinski definition) is 5. The van der Waals surface area contributed by atoms with Crippen molar-refractivity contribution >= 4 is 23.0 Å². The fraction of sp³-hybridized carbons (Fsp3) is 0.412. The maximum absolute atomic E-state index is 6.25. The molecular weight excluding hydrogens is 274 g/mol. The quantitative estimate of drug-likeness (QED) is 0.799. The zero-order valence-corrected chi connectivity index (χ0v) is 13.0. The fourth-order valence-electron chi connectivity index (χ4n) is 2.89. The van der Waals surface area contributed by atoms with Crippen LogP contribution in [0.15, 0.2) is 30.6 Å². The molecule has 5 heteroatoms. The molecule has 1 heterocycles. The summed E-state index contributed by atoms with van der Waals surface area (Å²) < 4.78 is 0. The summed E-state index contributed by atoms with van der Waals surface area (Å²) in [5.74, 6) is 1.39. The predicted molar refractivity (Wildman–Crippen MR) is 91.4 cm³/mol. The molecular formula is C17H23N5. The number of nitrogen functional groups attached to an aromatic ring is 1. The van der Waals surface area contributed by atoms with Gasteiger partial charge < -0.3 is 16.4 Å². The summed E-state index contributed by atoms with van der Waals surface area (Å²) in [4.78, 5) is 8.59. The Morgan fingerprint density at radius 1 is 1.05 bits per heavy atom. The van der Waals surface area contributed by atoms with Gasteiger partial charge in [0.05, 0.1) is 0 Å². The van der Waals surface area contributed by atoms with Gasteiger partial charge in [0.15, 0.2) is 11.6 Å². The van der Waals surface area contributed by atoms with Crippen molar-refractivity contribution in [1.82, 2.24) is 9.97 Å². The Balaban J connectivity index is 1.78. The van der Waals surface area contributed by atoms with Crippen molar-refractivity contribution in [2.75, 3.05) is 16.4 Å². The van der Waals surface area contributed by atoms with E-state index in [0.29, 0.717) is 17.5 Å². The molecule has 1 aromatic carbocycles. The van der Waals surface area contributed by atoms with Crippen LogP contribution >= 0.6 is 0 Å². The lowest BCUT2D eigenvalue weighted by atomic mass is 9.95. The average molecular weight is 297 g/mol. The zero-order valence-electron chi connectivity index (χ0n) is 13.0. The molecule has 1 aromatic heterocycles. The molecule has 1 aliphatic carbocycles. The summed E-state index contributed by atoms with van der Waals surface area (Å²) in [6.07, 6.45) is 7.81. The van der Waals surface area contributed by atoms with Crippen LogP contribution in [0, 0.1) is 6.92 Å². The number of anilines is 4. The van der Waals surface area contributed by atoms with Crippen LogP contribution in [-0.2, 0) is 0 Å². The van der Waals surface area contributed by atoms with Gasteiger partial charge in [-0.25, -0.2) is 9.97 Å². The molecule has 0 amide bonds. The normalized spacial score (nSPS) is 15.5. The van der Waals surface area contributed by atoms with Gasteiger partial charge in [0.25, 0.3) is 0 Å². The Bertz CT molecular complexity index is 635. The largest absolute Gasteiger partial charge is 0.393 e. The van der Waals surface area contributed by atoms with Crippen molar-refractivity contribution in [2.24, 2.45) is 0 Å². The number of rotatable bonds is 4. The molecule has 22 heavy (non-hydrogen) atoms. The standard InChI is InChI=1S/C17H23N5/c1-12-7-5-6-10-14(12)22-17-15(18)16(19-11-20-17)21-13-8-3-2-4-9-13/h5-7,10-11,13H,2-4,8-9,18H2,1H3,(H2,19,20,21,22). The number of para-hydroxylation sites is 1. The molecule has 3 rings (SSSR count). The van der Waals surface area contributed by atoms with Crippen LogP contribution in [0.25, 0.3) is 0 Å². The molecule has 1 aliphatic rings. The van der Waals surface area contributed by atoms with Crippen LogP contribution in [0.4, 0.5) is 23.0 Å². The van der Waals surface area contributed by atoms with Crippen molar-refractivity contribution in [3.05, 3.63) is 36.2 Å². The van der Waals surface area contributed by atoms with Gasteiger partial charge in [-0.3, -0.25) is 0 Å². The molecule has 0 saturated heterocycles. The molecule has 1 saturated carbocycles. The fourth-order valence-corrected chi connectivity index (χ4v) is 2.89. The third kappa shape index (κ3) is 3.30. The van der Waals surface area contributed by atoms with Crippen LogP contribution < -0.4 is 16.4 Å². The summed E-state index contributed by atoms with van der Waals surface area (Å²) in [6, 6.07) is 8.55. The van der Waals surface area contributed by atoms with E-state index in [2.05, 4.69) is 33.6 Å². The van der Waals surface area contributed by atoms with Gasteiger partial charge in [-0.1, -0.05) is 37.5 Å². The first-order chi connectivity index (χ1) is 10.7. The van der Waals surface area contributed by atoms with E-state index in [1.54, 1.807) is 6.33 Å². The van der Waals surface area contributed by atoms with Gasteiger partial charge in [0, 0.05) is 11.7 Å². The lowest BCUT2D eigenvalue weighted by Gasteiger charge is -2.24. The molecule has 4 N–H and O–H groups in total. The minimum atomic E-state index is 0.470. The molecule has 2 aromatic rings. The predicted octanol–water partition coefficient (Wildman–Crippen LogP) is 3.86. The van der Waals surface area contributed by atoms with Crippen molar-refractivity contribution < 1.29 is 0 Å². The maximum Gasteiger partial charge on any atom is 0.159 e. The molecule has 0 spiro atoms. The summed E-state index contributed by atoms with van der Waals surface area (Å²) in [5, 5.41) is 6.78. The third-order valence-corrected chi connectivity index (χ3v) is 4.23. The van der Waals surface area contributed by atoms with Crippen LogP contribution in [0.5, 0.6) is 0 Å². The summed E-state index contributed by atoms with van der Waals surface area (Å²) in [5.41, 5.74) is 8.99. The topological polar surface area (TPSA) is 75.9 Å². The Morgan fingerprint density at radius 3 is 2.55 bits per heavy atom. The zero-order chi connectivity index (χ0) is 15.4. The van der Waals surface area contributed by atoms with Crippen molar-refractivity contribution in [1.29, 1.82) is 0 Å². The van der Waals surface area contributed by atoms with Gasteiger partial charge in [-0.05, 0) is 31.4 Å². The molecule has 0 aliphatic heterocycles. The second kappa shape index (κ2) is 6.64. The monoisotopic (exact) mass is 297 g/mol. The van der Waals surface area contributed by atoms with Crippen molar-refractivity contribution in [2.45, 2.75) is 45.1 Å². The lowest BCUT2D eigenvalue weighted by molar-refractivity contribution is 0.462. The number of nitrogens with one attached hydrogen (secondary N) is 2. The summed E-state index contributed by atoms with van der Waals surface area (Å²) >= 11 is 0. The molecule has 0 atom stereocenters. The van der Waals surface area contributed by atoms with E-state index in [1.165, 1.54) is 32.1 Å². The number of nitrogens with two attached hydrogens (primary N) is 1. The lowest BCUT2D eigenvalue weighted by Crippen LogP contribution is -2.23. The summed E-state index contributed by atoms with van der Waals surface area (Å²) in [7, 11) is 0. The van der Waals surface area contributed by atoms with Gasteiger partial charge in [-0.15, -0.1) is 0 Å². The van der Waals surface area contributed by atoms with E-state index in [0.717, 1.165) is 17.1 Å². The highest BCUT2D eigenvalue weighted by Crippen LogP contribution is 2.29. The second-order valence-corrected chi connectivity index (χ2v) is 5.90. The highest BCUT2D eigenvalue weighted by atomic mass is 15.1. The Kier molecular flexibility index (Phi) is 4.42. The highest BCUT2D eigenvalue weighted by molar-refractivity contribution is 5.78. The Morgan fingerprint density at radius 2 is 1.77 bits per heavy atom. The van der Waals surface area contributed by atoms with E-state index < -0.39 is 0 Å². The van der Waals surface area contributed by atoms with Gasteiger partial charge >= 0.3 is 0 Å². The smallest absolute Gasteiger partial charge is 0.159 e. The Labute approximate surface area is 131 Å². The molecule has 5 nitrogen and oxygen atoms in total. The molecule has 0 unspecified atom stereocenters. The minimum absolute atomic E-state index is 0.470. The van der Waals surface area contributed by atoms with Crippen LogP contribution in [-0.4, -0.2) is 16.0 Å². The highest BCUT2D eigenvalue weighted by Gasteiger charge is 2.16. The van der Waals surface area contributed by atoms with Crippen LogP contribution in [0.1, 0.15) is 37.7 Å². The number of aryl methyl sites for hydroxylation is 1. The number of hydrogen-bond donors (Lipinski definition) is 3. The molecule has 1 fully saturated rings. The first kappa shape index (κ1) is 14.6. The molecule has 0 bridgehead atoms. The SMILES string of the molecule is Cc1ccccc1Nc1ncnc(NC2CCCCC2)c1N. The molecule has 116 valence electrons. The van der Waals surface area contributed by atoms with E-state index in [4.69, 9.17) is 5.73 Å². The van der Waals surface area contributed by atoms with E-state index in [9.17, 15) is 0 Å². The summed E-state index contributed by atoms with van der Waals surface area (Å²) in [6.45, 7) is 2.06. The van der Waals surface area contributed by atoms with Gasteiger partial charge in [-0.2, -0.15) is 0 Å². The van der Waals surface area contributed by atoms with E-state index in [-0.39, 0.29) is 0 Å². The maximum atomic E-state index is 6.25. The molecule has 0 radical (unpaired) electrons. The van der Waals surface area contributed by atoms with Crippen molar-refractivity contribution in [3.8, 4) is 0 Å². The number of benzene rings is 1. The van der Waals surface area contributed by atoms with Gasteiger partial charge in [0.1, 0.15) is 12.0 Å². The number of aromatic nitrogens is 2. The van der Waals surface area contributed by atoms with Gasteiger partial charge in [0.2, 0.25) is 0 Å². The first-order valence-electron chi connectivity index (χ1n) is 7.93. The Hall–Kier alpha value is -2.30. The number of nitrogens with zero attached hydrogens (tertiary/aromatic N) is 2. The van der Waals surface area contributed by atoms with E-state index in [1.807, 2.05) is 18.2 Å². The average Bonchev–Trinajstić information content (AvgIpc) is 2.54.